The van der Waals surface area contributed by atoms with Crippen LogP contribution in [0, 0.1) is 5.92 Å². The molecular weight excluding hydrogens is 224 g/mol. The molecule has 0 spiro atoms. The quantitative estimate of drug-likeness (QED) is 0.449. The first-order valence-electron chi connectivity index (χ1n) is 6.71. The average molecular weight is 250 g/mol. The predicted molar refractivity (Wildman–Crippen MR) is 77.6 cm³/mol. The number of unbranched alkanes of at least 4 members (excludes halogenated alkanes) is 3. The lowest BCUT2D eigenvalue weighted by molar-refractivity contribution is -0.140. The molecule has 1 atom stereocenters. The maximum absolute atomic E-state index is 11.0. The van der Waals surface area contributed by atoms with E-state index in [1.807, 2.05) is 12.2 Å². The van der Waals surface area contributed by atoms with Crippen molar-refractivity contribution in [3.05, 3.63) is 36.5 Å². The molecule has 2 heteroatoms. The van der Waals surface area contributed by atoms with Gasteiger partial charge in [-0.1, -0.05) is 29.9 Å². The fourth-order valence-electron chi connectivity index (χ4n) is 1.66. The first-order chi connectivity index (χ1) is 8.57. The van der Waals surface area contributed by atoms with Crippen molar-refractivity contribution < 1.29 is 9.90 Å². The zero-order chi connectivity index (χ0) is 13.8. The van der Waals surface area contributed by atoms with Crippen LogP contribution >= 0.6 is 0 Å². The molecule has 0 radical (unpaired) electrons. The maximum atomic E-state index is 11.0. The molecular formula is C16H26O2. The smallest absolute Gasteiger partial charge is 0.310 e. The second kappa shape index (κ2) is 10.8. The van der Waals surface area contributed by atoms with Crippen LogP contribution < -0.4 is 0 Å². The highest BCUT2D eigenvalue weighted by atomic mass is 16.4. The fraction of sp³-hybridized carbons (Fsp3) is 0.562. The van der Waals surface area contributed by atoms with Crippen molar-refractivity contribution in [1.29, 1.82) is 0 Å². The Balaban J connectivity index is 3.79. The van der Waals surface area contributed by atoms with Crippen molar-refractivity contribution in [1.82, 2.24) is 0 Å². The molecule has 0 amide bonds. The average Bonchev–Trinajstić information content (AvgIpc) is 2.30. The van der Waals surface area contributed by atoms with Crippen molar-refractivity contribution in [2.75, 3.05) is 0 Å². The molecule has 0 aromatic heterocycles. The molecule has 0 aromatic carbocycles. The van der Waals surface area contributed by atoms with Crippen LogP contribution in [0.1, 0.15) is 52.4 Å². The summed E-state index contributed by atoms with van der Waals surface area (Å²) in [4.78, 5) is 11.0. The minimum Gasteiger partial charge on any atom is -0.481 e. The molecule has 0 saturated heterocycles. The number of allylic oxidation sites excluding steroid dienone is 4. The van der Waals surface area contributed by atoms with Crippen LogP contribution in [0.4, 0.5) is 0 Å². The molecule has 0 fully saturated rings. The van der Waals surface area contributed by atoms with Gasteiger partial charge in [0.2, 0.25) is 0 Å². The molecule has 0 rings (SSSR count). The number of carboxylic acid groups (broad SMARTS) is 1. The van der Waals surface area contributed by atoms with Crippen LogP contribution in [-0.4, -0.2) is 11.1 Å². The zero-order valence-corrected chi connectivity index (χ0v) is 11.7. The van der Waals surface area contributed by atoms with E-state index in [9.17, 15) is 4.79 Å². The van der Waals surface area contributed by atoms with E-state index in [-0.39, 0.29) is 5.92 Å². The number of carbonyl (C=O) groups is 1. The van der Waals surface area contributed by atoms with Crippen molar-refractivity contribution >= 4 is 5.97 Å². The van der Waals surface area contributed by atoms with E-state index in [0.29, 0.717) is 6.42 Å². The number of hydrogen-bond donors (Lipinski definition) is 1. The molecule has 2 nitrogen and oxygen atoms in total. The Morgan fingerprint density at radius 2 is 1.89 bits per heavy atom. The number of hydrogen-bond acceptors (Lipinski definition) is 1. The third-order valence-corrected chi connectivity index (χ3v) is 2.74. The van der Waals surface area contributed by atoms with Gasteiger partial charge in [-0.05, 0) is 52.4 Å². The molecule has 0 aliphatic rings. The summed E-state index contributed by atoms with van der Waals surface area (Å²) in [5.41, 5.74) is 1.36. The Morgan fingerprint density at radius 1 is 1.22 bits per heavy atom. The summed E-state index contributed by atoms with van der Waals surface area (Å²) in [6.07, 6.45) is 13.6. The second-order valence-electron chi connectivity index (χ2n) is 4.80. The molecule has 1 N–H and O–H groups in total. The van der Waals surface area contributed by atoms with Crippen molar-refractivity contribution in [2.24, 2.45) is 5.92 Å². The van der Waals surface area contributed by atoms with Crippen molar-refractivity contribution in [2.45, 2.75) is 52.4 Å². The van der Waals surface area contributed by atoms with Crippen LogP contribution in [0.2, 0.25) is 0 Å². The molecule has 0 heterocycles. The third-order valence-electron chi connectivity index (χ3n) is 2.74. The van der Waals surface area contributed by atoms with Gasteiger partial charge >= 0.3 is 5.97 Å². The van der Waals surface area contributed by atoms with Gasteiger partial charge in [-0.15, -0.1) is 6.58 Å². The minimum atomic E-state index is -0.738. The SMILES string of the molecule is C=CCCC(C=CCCCCC=C(C)C)C(=O)O. The summed E-state index contributed by atoms with van der Waals surface area (Å²) in [5, 5.41) is 9.01. The predicted octanol–water partition coefficient (Wildman–Crippen LogP) is 4.74. The van der Waals surface area contributed by atoms with Crippen LogP contribution in [0.5, 0.6) is 0 Å². The Hall–Kier alpha value is -1.31. The fourth-order valence-corrected chi connectivity index (χ4v) is 1.66. The first kappa shape index (κ1) is 16.7. The van der Waals surface area contributed by atoms with E-state index in [0.717, 1.165) is 25.7 Å². The molecule has 0 aromatic rings. The summed E-state index contributed by atoms with van der Waals surface area (Å²) < 4.78 is 0. The topological polar surface area (TPSA) is 37.3 Å². The number of rotatable bonds is 10. The summed E-state index contributed by atoms with van der Waals surface area (Å²) in [6.45, 7) is 7.83. The van der Waals surface area contributed by atoms with E-state index in [4.69, 9.17) is 5.11 Å². The van der Waals surface area contributed by atoms with Gasteiger partial charge in [-0.25, -0.2) is 0 Å². The minimum absolute atomic E-state index is 0.360. The van der Waals surface area contributed by atoms with E-state index in [2.05, 4.69) is 26.5 Å². The molecule has 0 saturated carbocycles. The molecule has 18 heavy (non-hydrogen) atoms. The largest absolute Gasteiger partial charge is 0.481 e. The van der Waals surface area contributed by atoms with Crippen LogP contribution in [0.25, 0.3) is 0 Å². The standard InChI is InChI=1S/C16H26O2/c1-4-5-12-15(16(17)18)13-10-8-6-7-9-11-14(2)3/h4,10-11,13,15H,1,5-9,12H2,2-3H3,(H,17,18). The Labute approximate surface area is 111 Å². The van der Waals surface area contributed by atoms with Crippen molar-refractivity contribution in [3.63, 3.8) is 0 Å². The van der Waals surface area contributed by atoms with Gasteiger partial charge in [-0.3, -0.25) is 4.79 Å². The van der Waals surface area contributed by atoms with Gasteiger partial charge in [0.1, 0.15) is 0 Å². The van der Waals surface area contributed by atoms with Gasteiger partial charge in [-0.2, -0.15) is 0 Å². The monoisotopic (exact) mass is 250 g/mol. The summed E-state index contributed by atoms with van der Waals surface area (Å²) in [7, 11) is 0. The highest BCUT2D eigenvalue weighted by Gasteiger charge is 2.11. The third kappa shape index (κ3) is 9.88. The zero-order valence-electron chi connectivity index (χ0n) is 11.7. The van der Waals surface area contributed by atoms with Gasteiger partial charge in [0.05, 0.1) is 5.92 Å². The Bertz CT molecular complexity index is 296. The summed E-state index contributed by atoms with van der Waals surface area (Å²) >= 11 is 0. The lowest BCUT2D eigenvalue weighted by Gasteiger charge is -2.04. The lowest BCUT2D eigenvalue weighted by Crippen LogP contribution is -2.10. The van der Waals surface area contributed by atoms with Gasteiger partial charge < -0.3 is 5.11 Å². The van der Waals surface area contributed by atoms with Gasteiger partial charge in [0.15, 0.2) is 0 Å². The summed E-state index contributed by atoms with van der Waals surface area (Å²) in [6, 6.07) is 0. The van der Waals surface area contributed by atoms with Gasteiger partial charge in [0.25, 0.3) is 0 Å². The normalized spacial score (nSPS) is 12.3. The molecule has 0 bridgehead atoms. The van der Waals surface area contributed by atoms with Crippen LogP contribution in [0.3, 0.4) is 0 Å². The van der Waals surface area contributed by atoms with Crippen LogP contribution in [-0.2, 0) is 4.79 Å². The molecule has 0 aliphatic heterocycles. The van der Waals surface area contributed by atoms with Crippen molar-refractivity contribution in [3.8, 4) is 0 Å². The van der Waals surface area contributed by atoms with E-state index in [1.165, 1.54) is 12.0 Å². The van der Waals surface area contributed by atoms with Crippen LogP contribution in [0.15, 0.2) is 36.5 Å². The van der Waals surface area contributed by atoms with Gasteiger partial charge in [0, 0.05) is 0 Å². The lowest BCUT2D eigenvalue weighted by atomic mass is 10.0. The highest BCUT2D eigenvalue weighted by Crippen LogP contribution is 2.11. The summed E-state index contributed by atoms with van der Waals surface area (Å²) in [5.74, 6) is -1.10. The number of aliphatic carboxylic acids is 1. The van der Waals surface area contributed by atoms with E-state index < -0.39 is 5.97 Å². The van der Waals surface area contributed by atoms with E-state index in [1.54, 1.807) is 6.08 Å². The Kier molecular flexibility index (Phi) is 10.0. The molecule has 1 unspecified atom stereocenters. The molecule has 102 valence electrons. The van der Waals surface area contributed by atoms with E-state index >= 15 is 0 Å². The second-order valence-corrected chi connectivity index (χ2v) is 4.80. The maximum Gasteiger partial charge on any atom is 0.310 e. The first-order valence-corrected chi connectivity index (χ1v) is 6.71. The number of carboxylic acids is 1. The molecule has 0 aliphatic carbocycles. The highest BCUT2D eigenvalue weighted by molar-refractivity contribution is 5.72. The Morgan fingerprint density at radius 3 is 2.44 bits per heavy atom.